The van der Waals surface area contributed by atoms with Crippen molar-refractivity contribution in [2.24, 2.45) is 5.92 Å². The van der Waals surface area contributed by atoms with E-state index in [-0.39, 0.29) is 18.3 Å². The van der Waals surface area contributed by atoms with Crippen molar-refractivity contribution in [2.45, 2.75) is 26.2 Å². The molecule has 0 radical (unpaired) electrons. The fraction of sp³-hybridized carbons (Fsp3) is 0.467. The third-order valence-corrected chi connectivity index (χ3v) is 2.85. The summed E-state index contributed by atoms with van der Waals surface area (Å²) < 4.78 is 9.99. The standard InChI is InChI=1S/C15H20O4/c1-3-19-15(17)8-7-13(11-16)9-12-5-4-6-14(10-12)18-2/h4-6,10-11,13H,3,7-9H2,1-2H3. The first-order valence-electron chi connectivity index (χ1n) is 6.43. The second kappa shape index (κ2) is 8.29. The maximum Gasteiger partial charge on any atom is 0.305 e. The van der Waals surface area contributed by atoms with Crippen molar-refractivity contribution < 1.29 is 19.1 Å². The monoisotopic (exact) mass is 264 g/mol. The summed E-state index contributed by atoms with van der Waals surface area (Å²) in [4.78, 5) is 22.3. The van der Waals surface area contributed by atoms with E-state index in [2.05, 4.69) is 0 Å². The lowest BCUT2D eigenvalue weighted by Crippen LogP contribution is -2.11. The zero-order valence-corrected chi connectivity index (χ0v) is 11.4. The van der Waals surface area contributed by atoms with Gasteiger partial charge in [0.05, 0.1) is 13.7 Å². The SMILES string of the molecule is CCOC(=O)CCC(C=O)Cc1cccc(OC)c1. The Labute approximate surface area is 113 Å². The van der Waals surface area contributed by atoms with Crippen LogP contribution >= 0.6 is 0 Å². The molecule has 0 bridgehead atoms. The molecule has 0 fully saturated rings. The molecule has 0 aliphatic carbocycles. The van der Waals surface area contributed by atoms with Gasteiger partial charge >= 0.3 is 5.97 Å². The molecule has 0 aliphatic heterocycles. The van der Waals surface area contributed by atoms with Crippen LogP contribution in [0.25, 0.3) is 0 Å². The largest absolute Gasteiger partial charge is 0.497 e. The molecule has 0 saturated carbocycles. The quantitative estimate of drug-likeness (QED) is 0.534. The van der Waals surface area contributed by atoms with E-state index in [9.17, 15) is 9.59 Å². The Kier molecular flexibility index (Phi) is 6.64. The van der Waals surface area contributed by atoms with Crippen molar-refractivity contribution in [3.05, 3.63) is 29.8 Å². The smallest absolute Gasteiger partial charge is 0.305 e. The molecule has 104 valence electrons. The van der Waals surface area contributed by atoms with Crippen molar-refractivity contribution in [1.29, 1.82) is 0 Å². The molecule has 1 rings (SSSR count). The van der Waals surface area contributed by atoms with E-state index in [1.807, 2.05) is 24.3 Å². The molecule has 0 aliphatic rings. The van der Waals surface area contributed by atoms with E-state index in [1.54, 1.807) is 14.0 Å². The number of carbonyl (C=O) groups is 2. The molecular formula is C15H20O4. The van der Waals surface area contributed by atoms with E-state index < -0.39 is 0 Å². The number of rotatable bonds is 8. The summed E-state index contributed by atoms with van der Waals surface area (Å²) >= 11 is 0. The molecule has 0 spiro atoms. The molecule has 1 atom stereocenters. The molecule has 0 aromatic heterocycles. The van der Waals surface area contributed by atoms with Gasteiger partial charge < -0.3 is 14.3 Å². The Hall–Kier alpha value is -1.84. The van der Waals surface area contributed by atoms with Crippen molar-refractivity contribution in [3.8, 4) is 5.75 Å². The number of methoxy groups -OCH3 is 1. The lowest BCUT2D eigenvalue weighted by Gasteiger charge is -2.10. The average Bonchev–Trinajstić information content (AvgIpc) is 2.44. The molecule has 4 heteroatoms. The van der Waals surface area contributed by atoms with Crippen LogP contribution in [-0.4, -0.2) is 26.0 Å². The summed E-state index contributed by atoms with van der Waals surface area (Å²) in [6, 6.07) is 7.60. The Balaban J connectivity index is 2.51. The maximum atomic E-state index is 11.3. The maximum absolute atomic E-state index is 11.3. The minimum Gasteiger partial charge on any atom is -0.497 e. The molecule has 0 N–H and O–H groups in total. The molecule has 1 aromatic rings. The first-order valence-corrected chi connectivity index (χ1v) is 6.43. The third kappa shape index (κ3) is 5.55. The van der Waals surface area contributed by atoms with Gasteiger partial charge in [-0.3, -0.25) is 4.79 Å². The summed E-state index contributed by atoms with van der Waals surface area (Å²) in [5.41, 5.74) is 1.03. The van der Waals surface area contributed by atoms with Gasteiger partial charge in [-0.25, -0.2) is 0 Å². The van der Waals surface area contributed by atoms with Crippen LogP contribution in [0.4, 0.5) is 0 Å². The molecule has 0 saturated heterocycles. The van der Waals surface area contributed by atoms with Gasteiger partial charge in [0.2, 0.25) is 0 Å². The summed E-state index contributed by atoms with van der Waals surface area (Å²) in [6.45, 7) is 2.14. The molecule has 4 nitrogen and oxygen atoms in total. The van der Waals surface area contributed by atoms with Crippen LogP contribution in [0.1, 0.15) is 25.3 Å². The third-order valence-electron chi connectivity index (χ3n) is 2.85. The normalized spacial score (nSPS) is 11.7. The zero-order chi connectivity index (χ0) is 14.1. The van der Waals surface area contributed by atoms with Gasteiger partial charge in [-0.2, -0.15) is 0 Å². The van der Waals surface area contributed by atoms with Gasteiger partial charge in [0.1, 0.15) is 12.0 Å². The summed E-state index contributed by atoms with van der Waals surface area (Å²) in [5.74, 6) is 0.351. The van der Waals surface area contributed by atoms with Crippen LogP contribution in [0.5, 0.6) is 5.75 Å². The van der Waals surface area contributed by atoms with Gasteiger partial charge in [-0.1, -0.05) is 12.1 Å². The van der Waals surface area contributed by atoms with Gasteiger partial charge in [-0.15, -0.1) is 0 Å². The topological polar surface area (TPSA) is 52.6 Å². The molecule has 19 heavy (non-hydrogen) atoms. The summed E-state index contributed by atoms with van der Waals surface area (Å²) in [6.07, 6.45) is 2.31. The molecule has 1 unspecified atom stereocenters. The number of ether oxygens (including phenoxy) is 2. The minimum atomic E-state index is -0.250. The minimum absolute atomic E-state index is 0.170. The number of hydrogen-bond acceptors (Lipinski definition) is 4. The fourth-order valence-corrected chi connectivity index (χ4v) is 1.86. The number of benzene rings is 1. The highest BCUT2D eigenvalue weighted by Crippen LogP contribution is 2.17. The number of hydrogen-bond donors (Lipinski definition) is 0. The predicted octanol–water partition coefficient (Wildman–Crippen LogP) is 2.40. The van der Waals surface area contributed by atoms with Crippen LogP contribution in [0.3, 0.4) is 0 Å². The van der Waals surface area contributed by atoms with E-state index >= 15 is 0 Å². The van der Waals surface area contributed by atoms with Crippen LogP contribution in [0.15, 0.2) is 24.3 Å². The van der Waals surface area contributed by atoms with Gasteiger partial charge in [0.25, 0.3) is 0 Å². The Morgan fingerprint density at radius 2 is 2.21 bits per heavy atom. The lowest BCUT2D eigenvalue weighted by molar-refractivity contribution is -0.143. The predicted molar refractivity (Wildman–Crippen MR) is 72.1 cm³/mol. The first-order chi connectivity index (χ1) is 9.19. The molecule has 0 heterocycles. The molecule has 0 amide bonds. The lowest BCUT2D eigenvalue weighted by atomic mass is 9.96. The van der Waals surface area contributed by atoms with Crippen molar-refractivity contribution in [3.63, 3.8) is 0 Å². The van der Waals surface area contributed by atoms with Crippen molar-refractivity contribution >= 4 is 12.3 Å². The fourth-order valence-electron chi connectivity index (χ4n) is 1.86. The summed E-state index contributed by atoms with van der Waals surface area (Å²) in [7, 11) is 1.61. The van der Waals surface area contributed by atoms with E-state index in [4.69, 9.17) is 9.47 Å². The van der Waals surface area contributed by atoms with Crippen LogP contribution < -0.4 is 4.74 Å². The highest BCUT2D eigenvalue weighted by Gasteiger charge is 2.12. The Morgan fingerprint density at radius 1 is 1.42 bits per heavy atom. The number of carbonyl (C=O) groups excluding carboxylic acids is 2. The van der Waals surface area contributed by atoms with Gasteiger partial charge in [-0.05, 0) is 37.5 Å². The second-order valence-corrected chi connectivity index (χ2v) is 4.30. The Morgan fingerprint density at radius 3 is 2.84 bits per heavy atom. The number of esters is 1. The molecule has 1 aromatic carbocycles. The highest BCUT2D eigenvalue weighted by molar-refractivity contribution is 5.70. The first kappa shape index (κ1) is 15.2. The van der Waals surface area contributed by atoms with E-state index in [0.29, 0.717) is 19.4 Å². The van der Waals surface area contributed by atoms with Crippen LogP contribution in [0, 0.1) is 5.92 Å². The van der Waals surface area contributed by atoms with E-state index in [1.165, 1.54) is 0 Å². The Bertz CT molecular complexity index is 414. The van der Waals surface area contributed by atoms with Crippen LogP contribution in [0.2, 0.25) is 0 Å². The van der Waals surface area contributed by atoms with Crippen LogP contribution in [-0.2, 0) is 20.7 Å². The van der Waals surface area contributed by atoms with Crippen molar-refractivity contribution in [2.75, 3.05) is 13.7 Å². The van der Waals surface area contributed by atoms with Gasteiger partial charge in [0, 0.05) is 12.3 Å². The average molecular weight is 264 g/mol. The van der Waals surface area contributed by atoms with Gasteiger partial charge in [0.15, 0.2) is 0 Å². The zero-order valence-electron chi connectivity index (χ0n) is 11.4. The van der Waals surface area contributed by atoms with E-state index in [0.717, 1.165) is 17.6 Å². The molecular weight excluding hydrogens is 244 g/mol. The number of aldehydes is 1. The summed E-state index contributed by atoms with van der Waals surface area (Å²) in [5, 5.41) is 0. The highest BCUT2D eigenvalue weighted by atomic mass is 16.5. The second-order valence-electron chi connectivity index (χ2n) is 4.30. The van der Waals surface area contributed by atoms with Crippen molar-refractivity contribution in [1.82, 2.24) is 0 Å².